The lowest BCUT2D eigenvalue weighted by atomic mass is 9.82. The maximum Gasteiger partial charge on any atom is 0.248 e. The second kappa shape index (κ2) is 5.64. The molecule has 1 amide bonds. The minimum Gasteiger partial charge on any atom is -0.387 e. The predicted molar refractivity (Wildman–Crippen MR) is 64.2 cm³/mol. The molecule has 0 radical (unpaired) electrons. The van der Waals surface area contributed by atoms with Gasteiger partial charge in [0.1, 0.15) is 6.61 Å². The number of aliphatic hydroxyl groups excluding tert-OH is 1. The Balaban J connectivity index is 2.59. The van der Waals surface area contributed by atoms with Crippen LogP contribution in [0.5, 0.6) is 0 Å². The number of rotatable bonds is 4. The first-order valence-corrected chi connectivity index (χ1v) is 6.12. The van der Waals surface area contributed by atoms with Crippen LogP contribution in [0.2, 0.25) is 0 Å². The Hall–Kier alpha value is -0.610. The molecule has 0 aromatic rings. The Morgan fingerprint density at radius 3 is 2.31 bits per heavy atom. The van der Waals surface area contributed by atoms with Gasteiger partial charge < -0.3 is 14.9 Å². The topological polar surface area (TPSA) is 43.8 Å². The molecular formula is C12H24N2O2. The molecule has 4 nitrogen and oxygen atoms in total. The molecule has 1 fully saturated rings. The number of aliphatic hydroxyl groups is 1. The zero-order valence-corrected chi connectivity index (χ0v) is 10.7. The van der Waals surface area contributed by atoms with E-state index in [2.05, 4.69) is 25.9 Å². The van der Waals surface area contributed by atoms with E-state index in [-0.39, 0.29) is 18.1 Å². The van der Waals surface area contributed by atoms with Crippen LogP contribution in [0.25, 0.3) is 0 Å². The van der Waals surface area contributed by atoms with Crippen molar-refractivity contribution in [1.29, 1.82) is 0 Å². The minimum absolute atomic E-state index is 0.135. The van der Waals surface area contributed by atoms with Crippen LogP contribution in [0, 0.1) is 0 Å². The SMILES string of the molecule is CCCC1(N(C)C)CCN(C(=O)CO)CC1. The Morgan fingerprint density at radius 1 is 1.38 bits per heavy atom. The molecule has 1 aliphatic rings. The molecule has 0 spiro atoms. The molecule has 0 aromatic carbocycles. The summed E-state index contributed by atoms with van der Waals surface area (Å²) in [6, 6.07) is 0. The van der Waals surface area contributed by atoms with E-state index in [1.807, 2.05) is 0 Å². The molecule has 94 valence electrons. The first-order valence-electron chi connectivity index (χ1n) is 6.12. The first kappa shape index (κ1) is 13.5. The van der Waals surface area contributed by atoms with Gasteiger partial charge in [-0.2, -0.15) is 0 Å². The van der Waals surface area contributed by atoms with E-state index in [0.717, 1.165) is 25.9 Å². The minimum atomic E-state index is -0.358. The van der Waals surface area contributed by atoms with E-state index in [4.69, 9.17) is 5.11 Å². The van der Waals surface area contributed by atoms with Gasteiger partial charge in [-0.25, -0.2) is 0 Å². The van der Waals surface area contributed by atoms with E-state index in [1.165, 1.54) is 12.8 Å². The van der Waals surface area contributed by atoms with Crippen molar-refractivity contribution in [2.75, 3.05) is 33.8 Å². The maximum absolute atomic E-state index is 11.4. The van der Waals surface area contributed by atoms with E-state index in [1.54, 1.807) is 4.90 Å². The second-order valence-corrected chi connectivity index (χ2v) is 4.91. The molecule has 1 aliphatic heterocycles. The van der Waals surface area contributed by atoms with Gasteiger partial charge in [0.15, 0.2) is 0 Å². The van der Waals surface area contributed by atoms with Crippen LogP contribution in [0.4, 0.5) is 0 Å². The van der Waals surface area contributed by atoms with Crippen molar-refractivity contribution in [3.8, 4) is 0 Å². The second-order valence-electron chi connectivity index (χ2n) is 4.91. The molecule has 4 heteroatoms. The Kier molecular flexibility index (Phi) is 4.74. The van der Waals surface area contributed by atoms with Crippen LogP contribution in [0.1, 0.15) is 32.6 Å². The highest BCUT2D eigenvalue weighted by Crippen LogP contribution is 2.31. The maximum atomic E-state index is 11.4. The summed E-state index contributed by atoms with van der Waals surface area (Å²) >= 11 is 0. The van der Waals surface area contributed by atoms with Crippen molar-refractivity contribution in [2.45, 2.75) is 38.1 Å². The summed E-state index contributed by atoms with van der Waals surface area (Å²) in [6.45, 7) is 3.40. The van der Waals surface area contributed by atoms with Gasteiger partial charge in [-0.3, -0.25) is 4.79 Å². The van der Waals surface area contributed by atoms with Crippen molar-refractivity contribution in [3.05, 3.63) is 0 Å². The smallest absolute Gasteiger partial charge is 0.248 e. The van der Waals surface area contributed by atoms with Gasteiger partial charge in [0.2, 0.25) is 5.91 Å². The quantitative estimate of drug-likeness (QED) is 0.770. The molecule has 0 unspecified atom stereocenters. The van der Waals surface area contributed by atoms with Crippen LogP contribution in [-0.4, -0.2) is 60.1 Å². The Labute approximate surface area is 98.2 Å². The standard InChI is InChI=1S/C12H24N2O2/c1-4-5-12(13(2)3)6-8-14(9-7-12)11(16)10-15/h15H,4-10H2,1-3H3. The summed E-state index contributed by atoms with van der Waals surface area (Å²) in [5.74, 6) is -0.135. The number of carbonyl (C=O) groups excluding carboxylic acids is 1. The zero-order valence-electron chi connectivity index (χ0n) is 10.7. The molecule has 1 saturated heterocycles. The predicted octanol–water partition coefficient (Wildman–Crippen LogP) is 0.702. The van der Waals surface area contributed by atoms with Crippen LogP contribution in [-0.2, 0) is 4.79 Å². The van der Waals surface area contributed by atoms with Crippen molar-refractivity contribution in [2.24, 2.45) is 0 Å². The Morgan fingerprint density at radius 2 is 1.94 bits per heavy atom. The lowest BCUT2D eigenvalue weighted by Crippen LogP contribution is -2.54. The van der Waals surface area contributed by atoms with Gasteiger partial charge in [-0.1, -0.05) is 13.3 Å². The fraction of sp³-hybridized carbons (Fsp3) is 0.917. The lowest BCUT2D eigenvalue weighted by Gasteiger charge is -2.46. The normalized spacial score (nSPS) is 20.2. The van der Waals surface area contributed by atoms with Crippen molar-refractivity contribution >= 4 is 5.91 Å². The van der Waals surface area contributed by atoms with E-state index in [0.29, 0.717) is 0 Å². The van der Waals surface area contributed by atoms with E-state index < -0.39 is 0 Å². The number of hydrogen-bond donors (Lipinski definition) is 1. The van der Waals surface area contributed by atoms with Gasteiger partial charge >= 0.3 is 0 Å². The molecule has 0 aromatic heterocycles. The Bertz CT molecular complexity index is 233. The molecule has 1 N–H and O–H groups in total. The molecular weight excluding hydrogens is 204 g/mol. The highest BCUT2D eigenvalue weighted by Gasteiger charge is 2.36. The fourth-order valence-electron chi connectivity index (χ4n) is 2.66. The number of hydrogen-bond acceptors (Lipinski definition) is 3. The van der Waals surface area contributed by atoms with Gasteiger partial charge in [-0.05, 0) is 33.4 Å². The van der Waals surface area contributed by atoms with Gasteiger partial charge in [0, 0.05) is 18.6 Å². The molecule has 0 bridgehead atoms. The largest absolute Gasteiger partial charge is 0.387 e. The molecule has 1 rings (SSSR count). The van der Waals surface area contributed by atoms with Crippen LogP contribution in [0.3, 0.4) is 0 Å². The number of nitrogens with zero attached hydrogens (tertiary/aromatic N) is 2. The van der Waals surface area contributed by atoms with Gasteiger partial charge in [0.05, 0.1) is 0 Å². The van der Waals surface area contributed by atoms with Gasteiger partial charge in [0.25, 0.3) is 0 Å². The van der Waals surface area contributed by atoms with Crippen LogP contribution >= 0.6 is 0 Å². The van der Waals surface area contributed by atoms with Crippen molar-refractivity contribution < 1.29 is 9.90 Å². The van der Waals surface area contributed by atoms with Crippen molar-refractivity contribution in [1.82, 2.24) is 9.80 Å². The van der Waals surface area contributed by atoms with Crippen LogP contribution in [0.15, 0.2) is 0 Å². The third-order valence-electron chi connectivity index (χ3n) is 3.85. The zero-order chi connectivity index (χ0) is 12.2. The van der Waals surface area contributed by atoms with E-state index in [9.17, 15) is 4.79 Å². The lowest BCUT2D eigenvalue weighted by molar-refractivity contribution is -0.136. The number of piperidine rings is 1. The fourth-order valence-corrected chi connectivity index (χ4v) is 2.66. The monoisotopic (exact) mass is 228 g/mol. The molecule has 1 heterocycles. The number of carbonyl (C=O) groups is 1. The first-order chi connectivity index (χ1) is 7.55. The summed E-state index contributed by atoms with van der Waals surface area (Å²) in [4.78, 5) is 15.4. The summed E-state index contributed by atoms with van der Waals surface area (Å²) in [7, 11) is 4.25. The molecule has 0 saturated carbocycles. The summed E-state index contributed by atoms with van der Waals surface area (Å²) in [5.41, 5.74) is 0.251. The molecule has 0 atom stereocenters. The third kappa shape index (κ3) is 2.74. The highest BCUT2D eigenvalue weighted by molar-refractivity contribution is 5.77. The van der Waals surface area contributed by atoms with E-state index >= 15 is 0 Å². The molecule has 16 heavy (non-hydrogen) atoms. The third-order valence-corrected chi connectivity index (χ3v) is 3.85. The number of amides is 1. The summed E-state index contributed by atoms with van der Waals surface area (Å²) < 4.78 is 0. The average Bonchev–Trinajstić information content (AvgIpc) is 2.29. The summed E-state index contributed by atoms with van der Waals surface area (Å²) in [5, 5.41) is 8.83. The molecule has 0 aliphatic carbocycles. The van der Waals surface area contributed by atoms with Crippen LogP contribution < -0.4 is 0 Å². The van der Waals surface area contributed by atoms with Crippen molar-refractivity contribution in [3.63, 3.8) is 0 Å². The number of likely N-dealkylation sites (tertiary alicyclic amines) is 1. The van der Waals surface area contributed by atoms with Gasteiger partial charge in [-0.15, -0.1) is 0 Å². The highest BCUT2D eigenvalue weighted by atomic mass is 16.3. The summed E-state index contributed by atoms with van der Waals surface area (Å²) in [6.07, 6.45) is 4.38. The average molecular weight is 228 g/mol.